The summed E-state index contributed by atoms with van der Waals surface area (Å²) in [5.41, 5.74) is 0.0985. The average molecular weight is 605 g/mol. The van der Waals surface area contributed by atoms with Crippen LogP contribution in [0, 0.1) is 68.0 Å². The van der Waals surface area contributed by atoms with Crippen molar-refractivity contribution in [1.82, 2.24) is 0 Å². The van der Waals surface area contributed by atoms with Gasteiger partial charge in [-0.25, -0.2) is 0 Å². The molecule has 2 fully saturated rings. The number of ether oxygens (including phenoxy) is 2. The minimum atomic E-state index is -1.29. The average Bonchev–Trinajstić information content (AvgIpc) is 4.02. The van der Waals surface area contributed by atoms with Gasteiger partial charge in [0, 0.05) is 23.0 Å². The van der Waals surface area contributed by atoms with E-state index in [9.17, 15) is 30.6 Å². The minimum absolute atomic E-state index is 0.158. The van der Waals surface area contributed by atoms with Crippen LogP contribution in [0.1, 0.15) is 43.7 Å². The van der Waals surface area contributed by atoms with Crippen LogP contribution in [0.15, 0.2) is 109 Å². The van der Waals surface area contributed by atoms with E-state index in [1.54, 1.807) is 87.0 Å². The lowest BCUT2D eigenvalue weighted by Gasteiger charge is -2.03. The number of nitrogens with zero attached hydrogens (tertiary/aromatic N) is 4. The van der Waals surface area contributed by atoms with Crippen LogP contribution in [0.3, 0.4) is 0 Å². The summed E-state index contributed by atoms with van der Waals surface area (Å²) in [6, 6.07) is 40.2. The highest BCUT2D eigenvalue weighted by Crippen LogP contribution is 2.66. The molecule has 0 aliphatic heterocycles. The van der Waals surface area contributed by atoms with Crippen LogP contribution in [0.25, 0.3) is 0 Å². The lowest BCUT2D eigenvalue weighted by atomic mass is 10.0. The van der Waals surface area contributed by atoms with Crippen LogP contribution >= 0.6 is 0 Å². The smallest absolute Gasteiger partial charge is 0.169 e. The standard InChI is InChI=1S/2C19H14N2O2/c2*1-23-15-9-7-13(8-10-15)16-17(19(16,11-20)12-21)18(22)14-5-3-2-4-6-14/h2*2-10,16-17H,1H3/t2*16-,17+/m10/s1. The fourth-order valence-corrected chi connectivity index (χ4v) is 6.20. The van der Waals surface area contributed by atoms with E-state index in [1.807, 2.05) is 36.4 Å². The van der Waals surface area contributed by atoms with E-state index in [4.69, 9.17) is 9.47 Å². The largest absolute Gasteiger partial charge is 0.497 e. The van der Waals surface area contributed by atoms with Crippen LogP contribution in [0.5, 0.6) is 11.5 Å². The first-order chi connectivity index (χ1) is 22.3. The molecule has 8 nitrogen and oxygen atoms in total. The molecule has 0 unspecified atom stereocenters. The molecular formula is C38H28N4O4. The van der Waals surface area contributed by atoms with E-state index in [0.29, 0.717) is 22.6 Å². The number of rotatable bonds is 8. The molecule has 0 radical (unpaired) electrons. The summed E-state index contributed by atoms with van der Waals surface area (Å²) < 4.78 is 10.2. The third-order valence-corrected chi connectivity index (χ3v) is 8.78. The number of hydrogen-bond acceptors (Lipinski definition) is 8. The van der Waals surface area contributed by atoms with E-state index in [2.05, 4.69) is 24.3 Å². The zero-order chi connectivity index (χ0) is 32.9. The van der Waals surface area contributed by atoms with Crippen molar-refractivity contribution in [2.45, 2.75) is 11.8 Å². The first-order valence-electron chi connectivity index (χ1n) is 14.5. The van der Waals surface area contributed by atoms with Crippen molar-refractivity contribution in [3.8, 4) is 35.8 Å². The Kier molecular flexibility index (Phi) is 8.68. The first kappa shape index (κ1) is 31.2. The summed E-state index contributed by atoms with van der Waals surface area (Å²) in [6.45, 7) is 0. The van der Waals surface area contributed by atoms with Gasteiger partial charge < -0.3 is 9.47 Å². The molecule has 0 heterocycles. The van der Waals surface area contributed by atoms with Gasteiger partial charge in [-0.2, -0.15) is 21.0 Å². The number of ketones is 2. The molecule has 0 aromatic heterocycles. The second-order valence-electron chi connectivity index (χ2n) is 11.1. The molecule has 2 aliphatic carbocycles. The number of nitriles is 4. The Labute approximate surface area is 267 Å². The van der Waals surface area contributed by atoms with Crippen molar-refractivity contribution in [1.29, 1.82) is 21.0 Å². The second kappa shape index (κ2) is 12.8. The van der Waals surface area contributed by atoms with Crippen molar-refractivity contribution in [3.63, 3.8) is 0 Å². The predicted octanol–water partition coefficient (Wildman–Crippen LogP) is 6.65. The molecule has 224 valence electrons. The maximum atomic E-state index is 12.7. The van der Waals surface area contributed by atoms with Gasteiger partial charge in [0.1, 0.15) is 11.5 Å². The van der Waals surface area contributed by atoms with Gasteiger partial charge in [0.05, 0.1) is 50.3 Å². The Morgan fingerprint density at radius 1 is 0.522 bits per heavy atom. The summed E-state index contributed by atoms with van der Waals surface area (Å²) >= 11 is 0. The Morgan fingerprint density at radius 3 is 1.09 bits per heavy atom. The number of carbonyl (C=O) groups excluding carboxylic acids is 2. The summed E-state index contributed by atoms with van der Waals surface area (Å²) in [7, 11) is 3.14. The van der Waals surface area contributed by atoms with Gasteiger partial charge in [-0.1, -0.05) is 84.9 Å². The maximum Gasteiger partial charge on any atom is 0.169 e. The molecule has 0 bridgehead atoms. The molecule has 0 amide bonds. The van der Waals surface area contributed by atoms with E-state index in [-0.39, 0.29) is 11.6 Å². The van der Waals surface area contributed by atoms with E-state index < -0.39 is 34.5 Å². The van der Waals surface area contributed by atoms with Gasteiger partial charge in [0.15, 0.2) is 22.4 Å². The quantitative estimate of drug-likeness (QED) is 0.203. The van der Waals surface area contributed by atoms with Gasteiger partial charge in [0.2, 0.25) is 0 Å². The van der Waals surface area contributed by atoms with Gasteiger partial charge in [0.25, 0.3) is 0 Å². The SMILES string of the molecule is COc1ccc([C@@H]2[C@@H](C(=O)c3ccccc3)C2(C#N)C#N)cc1.COc1ccc([C@H]2[C@H](C(=O)c3ccccc3)C2(C#N)C#N)cc1. The maximum absolute atomic E-state index is 12.7. The first-order valence-corrected chi connectivity index (χ1v) is 14.5. The molecule has 2 saturated carbocycles. The normalized spacial score (nSPS) is 20.8. The molecule has 0 N–H and O–H groups in total. The molecule has 6 rings (SSSR count). The van der Waals surface area contributed by atoms with Gasteiger partial charge in [-0.05, 0) is 35.4 Å². The van der Waals surface area contributed by atoms with E-state index in [0.717, 1.165) is 11.1 Å². The highest BCUT2D eigenvalue weighted by molar-refractivity contribution is 6.03. The monoisotopic (exact) mass is 604 g/mol. The number of carbonyl (C=O) groups is 2. The summed E-state index contributed by atoms with van der Waals surface area (Å²) in [4.78, 5) is 25.4. The number of methoxy groups -OCH3 is 2. The topological polar surface area (TPSA) is 148 Å². The minimum Gasteiger partial charge on any atom is -0.497 e. The van der Waals surface area contributed by atoms with Crippen LogP contribution in [0.4, 0.5) is 0 Å². The molecule has 8 heteroatoms. The Bertz CT molecular complexity index is 1740. The number of hydrogen-bond donors (Lipinski definition) is 0. The van der Waals surface area contributed by atoms with Crippen molar-refractivity contribution < 1.29 is 19.1 Å². The highest BCUT2D eigenvalue weighted by Gasteiger charge is 2.71. The fourth-order valence-electron chi connectivity index (χ4n) is 6.20. The Morgan fingerprint density at radius 2 is 0.826 bits per heavy atom. The predicted molar refractivity (Wildman–Crippen MR) is 167 cm³/mol. The van der Waals surface area contributed by atoms with Crippen LogP contribution in [0.2, 0.25) is 0 Å². The van der Waals surface area contributed by atoms with Gasteiger partial charge in [-0.3, -0.25) is 9.59 Å². The lowest BCUT2D eigenvalue weighted by molar-refractivity contribution is 0.0950. The van der Waals surface area contributed by atoms with Crippen molar-refractivity contribution in [2.75, 3.05) is 14.2 Å². The zero-order valence-corrected chi connectivity index (χ0v) is 25.1. The van der Waals surface area contributed by atoms with Crippen molar-refractivity contribution in [2.24, 2.45) is 22.7 Å². The van der Waals surface area contributed by atoms with E-state index >= 15 is 0 Å². The number of Topliss-reactive ketones (excluding diaryl/α,β-unsaturated/α-hetero) is 2. The summed E-state index contributed by atoms with van der Waals surface area (Å²) in [5.74, 6) is -1.00. The van der Waals surface area contributed by atoms with Crippen molar-refractivity contribution in [3.05, 3.63) is 131 Å². The van der Waals surface area contributed by atoms with Crippen LogP contribution in [-0.4, -0.2) is 25.8 Å². The summed E-state index contributed by atoms with van der Waals surface area (Å²) in [5, 5.41) is 38.0. The Hall–Kier alpha value is -6.22. The third-order valence-electron chi connectivity index (χ3n) is 8.78. The number of benzene rings is 4. The summed E-state index contributed by atoms with van der Waals surface area (Å²) in [6.07, 6.45) is 0. The molecule has 4 aromatic carbocycles. The van der Waals surface area contributed by atoms with Gasteiger partial charge in [-0.15, -0.1) is 0 Å². The van der Waals surface area contributed by atoms with Crippen LogP contribution < -0.4 is 9.47 Å². The van der Waals surface area contributed by atoms with Crippen molar-refractivity contribution >= 4 is 11.6 Å². The third kappa shape index (κ3) is 5.35. The van der Waals surface area contributed by atoms with Gasteiger partial charge >= 0.3 is 0 Å². The molecule has 46 heavy (non-hydrogen) atoms. The lowest BCUT2D eigenvalue weighted by Crippen LogP contribution is -2.08. The zero-order valence-electron chi connectivity index (χ0n) is 25.1. The fraction of sp³-hybridized carbons (Fsp3) is 0.211. The molecule has 4 aromatic rings. The van der Waals surface area contributed by atoms with E-state index in [1.165, 1.54) is 0 Å². The molecule has 2 aliphatic rings. The Balaban J connectivity index is 0.000000181. The van der Waals surface area contributed by atoms with Crippen LogP contribution in [-0.2, 0) is 0 Å². The highest BCUT2D eigenvalue weighted by atomic mass is 16.5. The molecule has 0 spiro atoms. The second-order valence-corrected chi connectivity index (χ2v) is 11.1. The molecule has 4 atom stereocenters. The molecule has 0 saturated heterocycles. The molecular weight excluding hydrogens is 576 g/mol.